The zero-order valence-corrected chi connectivity index (χ0v) is 23.3. The monoisotopic (exact) mass is 495 g/mol. The van der Waals surface area contributed by atoms with Crippen molar-refractivity contribution in [2.45, 2.75) is 108 Å². The van der Waals surface area contributed by atoms with E-state index < -0.39 is 34.2 Å². The molecule has 194 valence electrons. The topological polar surface area (TPSA) is 98.7 Å². The first-order chi connectivity index (χ1) is 15.6. The van der Waals surface area contributed by atoms with Gasteiger partial charge in [0.05, 0.1) is 29.2 Å². The van der Waals surface area contributed by atoms with Crippen LogP contribution in [0, 0.1) is 23.2 Å². The Bertz CT molecular complexity index is 840. The van der Waals surface area contributed by atoms with Gasteiger partial charge in [0, 0.05) is 17.3 Å². The van der Waals surface area contributed by atoms with Crippen molar-refractivity contribution in [1.29, 1.82) is 0 Å². The summed E-state index contributed by atoms with van der Waals surface area (Å²) in [5, 5.41) is 16.4. The Labute approximate surface area is 209 Å². The van der Waals surface area contributed by atoms with E-state index in [0.717, 1.165) is 19.3 Å². The van der Waals surface area contributed by atoms with Crippen LogP contribution in [0.25, 0.3) is 0 Å². The first-order valence-electron chi connectivity index (χ1n) is 12.7. The second kappa shape index (κ2) is 8.99. The second-order valence-electron chi connectivity index (χ2n) is 12.8. The molecule has 2 bridgehead atoms. The number of hydrogen-bond donors (Lipinski definition) is 3. The largest absolute Gasteiger partial charge is 0.394 e. The zero-order valence-electron chi connectivity index (χ0n) is 22.4. The van der Waals surface area contributed by atoms with Gasteiger partial charge in [0.25, 0.3) is 0 Å². The standard InChI is InChI=1S/C26H45N3O4S/c1-10-15(2)16(13-30)29-19(21(32)28-24(6,7)14-23(3,4)5)26-12-11-25(8,34-26)17(20(31)27-9)18(26)22(29)33/h15-19,30H,10-14H2,1-9H3,(H,27,31)(H,28,32)/t15-,16-,17+,18-,19?,25-,26?/m0/s1. The molecule has 0 aliphatic carbocycles. The quantitative estimate of drug-likeness (QED) is 0.481. The maximum Gasteiger partial charge on any atom is 0.244 e. The van der Waals surface area contributed by atoms with Crippen molar-refractivity contribution in [3.63, 3.8) is 0 Å². The molecule has 0 aromatic rings. The van der Waals surface area contributed by atoms with Gasteiger partial charge in [-0.1, -0.05) is 41.0 Å². The summed E-state index contributed by atoms with van der Waals surface area (Å²) in [6.07, 6.45) is 3.06. The molecule has 0 aromatic carbocycles. The minimum atomic E-state index is -0.711. The molecule has 3 fully saturated rings. The summed E-state index contributed by atoms with van der Waals surface area (Å²) in [4.78, 5) is 42.9. The molecule has 1 spiro atoms. The van der Waals surface area contributed by atoms with Crippen molar-refractivity contribution in [2.24, 2.45) is 23.2 Å². The van der Waals surface area contributed by atoms with Crippen LogP contribution >= 0.6 is 11.8 Å². The number of carbonyl (C=O) groups is 3. The van der Waals surface area contributed by atoms with Crippen molar-refractivity contribution >= 4 is 29.5 Å². The normalized spacial score (nSPS) is 34.7. The van der Waals surface area contributed by atoms with Gasteiger partial charge in [0.2, 0.25) is 17.7 Å². The lowest BCUT2D eigenvalue weighted by atomic mass is 9.66. The van der Waals surface area contributed by atoms with Crippen LogP contribution < -0.4 is 10.6 Å². The van der Waals surface area contributed by atoms with Crippen LogP contribution in [-0.4, -0.2) is 68.5 Å². The number of fused-ring (bicyclic) bond motifs is 1. The highest BCUT2D eigenvalue weighted by atomic mass is 32.2. The van der Waals surface area contributed by atoms with Crippen molar-refractivity contribution < 1.29 is 19.5 Å². The van der Waals surface area contributed by atoms with Gasteiger partial charge >= 0.3 is 0 Å². The molecule has 3 rings (SSSR count). The van der Waals surface area contributed by atoms with Gasteiger partial charge in [-0.05, 0) is 51.4 Å². The number of carbonyl (C=O) groups excluding carboxylic acids is 3. The lowest BCUT2D eigenvalue weighted by Crippen LogP contribution is -2.61. The van der Waals surface area contributed by atoms with Crippen LogP contribution in [-0.2, 0) is 14.4 Å². The molecule has 8 heteroatoms. The predicted molar refractivity (Wildman–Crippen MR) is 136 cm³/mol. The summed E-state index contributed by atoms with van der Waals surface area (Å²) < 4.78 is -1.04. The second-order valence-corrected chi connectivity index (χ2v) is 14.7. The highest BCUT2D eigenvalue weighted by Crippen LogP contribution is 2.71. The Morgan fingerprint density at radius 1 is 1.21 bits per heavy atom. The number of nitrogens with zero attached hydrogens (tertiary/aromatic N) is 1. The lowest BCUT2D eigenvalue weighted by Gasteiger charge is -2.41. The van der Waals surface area contributed by atoms with E-state index in [0.29, 0.717) is 6.42 Å². The molecular weight excluding hydrogens is 450 g/mol. The first-order valence-corrected chi connectivity index (χ1v) is 13.6. The lowest BCUT2D eigenvalue weighted by molar-refractivity contribution is -0.144. The third-order valence-electron chi connectivity index (χ3n) is 8.27. The van der Waals surface area contributed by atoms with Gasteiger partial charge in [0.15, 0.2) is 0 Å². The molecule has 7 atom stereocenters. The summed E-state index contributed by atoms with van der Waals surface area (Å²) in [6, 6.07) is -1.17. The average molecular weight is 496 g/mol. The number of rotatable bonds is 8. The van der Waals surface area contributed by atoms with Crippen molar-refractivity contribution in [2.75, 3.05) is 13.7 Å². The number of amides is 3. The van der Waals surface area contributed by atoms with Crippen LogP contribution in [0.1, 0.15) is 81.1 Å². The Hall–Kier alpha value is -1.28. The minimum absolute atomic E-state index is 0.0193. The molecule has 2 unspecified atom stereocenters. The third-order valence-corrected chi connectivity index (χ3v) is 10.3. The molecule has 3 aliphatic rings. The van der Waals surface area contributed by atoms with Gasteiger partial charge in [-0.15, -0.1) is 11.8 Å². The fraction of sp³-hybridized carbons (Fsp3) is 0.885. The Balaban J connectivity index is 2.09. The maximum atomic E-state index is 14.1. The Kier molecular flexibility index (Phi) is 7.22. The number of likely N-dealkylation sites (tertiary alicyclic amines) is 1. The molecule has 0 aromatic heterocycles. The molecule has 0 radical (unpaired) electrons. The van der Waals surface area contributed by atoms with Crippen molar-refractivity contribution in [1.82, 2.24) is 15.5 Å². The number of aliphatic hydroxyl groups excluding tert-OH is 1. The molecule has 3 heterocycles. The fourth-order valence-corrected chi connectivity index (χ4v) is 9.51. The number of nitrogens with one attached hydrogen (secondary N) is 2. The number of hydrogen-bond acceptors (Lipinski definition) is 5. The summed E-state index contributed by atoms with van der Waals surface area (Å²) in [5.74, 6) is -1.47. The predicted octanol–water partition coefficient (Wildman–Crippen LogP) is 2.95. The summed E-state index contributed by atoms with van der Waals surface area (Å²) in [7, 11) is 1.61. The number of thioether (sulfide) groups is 1. The third kappa shape index (κ3) is 4.38. The van der Waals surface area contributed by atoms with Gasteiger partial charge < -0.3 is 20.6 Å². The van der Waals surface area contributed by atoms with E-state index in [9.17, 15) is 19.5 Å². The van der Waals surface area contributed by atoms with Crippen molar-refractivity contribution in [3.05, 3.63) is 0 Å². The van der Waals surface area contributed by atoms with Crippen molar-refractivity contribution in [3.8, 4) is 0 Å². The van der Waals surface area contributed by atoms with Gasteiger partial charge in [-0.3, -0.25) is 14.4 Å². The van der Waals surface area contributed by atoms with Crippen LogP contribution in [0.3, 0.4) is 0 Å². The molecule has 3 aliphatic heterocycles. The molecule has 7 nitrogen and oxygen atoms in total. The summed E-state index contributed by atoms with van der Waals surface area (Å²) in [5.41, 5.74) is -0.444. The van der Waals surface area contributed by atoms with Crippen LogP contribution in [0.15, 0.2) is 0 Å². The molecule has 34 heavy (non-hydrogen) atoms. The van der Waals surface area contributed by atoms with E-state index in [1.165, 1.54) is 0 Å². The number of aliphatic hydroxyl groups is 1. The Morgan fingerprint density at radius 2 is 1.82 bits per heavy atom. The van der Waals surface area contributed by atoms with E-state index in [4.69, 9.17) is 0 Å². The summed E-state index contributed by atoms with van der Waals surface area (Å²) >= 11 is 1.67. The van der Waals surface area contributed by atoms with Crippen LogP contribution in [0.4, 0.5) is 0 Å². The smallest absolute Gasteiger partial charge is 0.244 e. The first kappa shape index (κ1) is 27.3. The van der Waals surface area contributed by atoms with Crippen LogP contribution in [0.2, 0.25) is 0 Å². The van der Waals surface area contributed by atoms with E-state index >= 15 is 0 Å². The highest BCUT2D eigenvalue weighted by molar-refractivity contribution is 8.02. The minimum Gasteiger partial charge on any atom is -0.394 e. The van der Waals surface area contributed by atoms with Gasteiger partial charge in [-0.2, -0.15) is 0 Å². The van der Waals surface area contributed by atoms with Crippen LogP contribution in [0.5, 0.6) is 0 Å². The molecule has 0 saturated carbocycles. The van der Waals surface area contributed by atoms with E-state index in [2.05, 4.69) is 38.3 Å². The molecule has 3 amide bonds. The van der Waals surface area contributed by atoms with E-state index in [-0.39, 0.29) is 40.4 Å². The molecule has 3 saturated heterocycles. The maximum absolute atomic E-state index is 14.1. The highest BCUT2D eigenvalue weighted by Gasteiger charge is 2.77. The summed E-state index contributed by atoms with van der Waals surface area (Å²) in [6.45, 7) is 16.4. The van der Waals surface area contributed by atoms with Gasteiger partial charge in [0.1, 0.15) is 6.04 Å². The Morgan fingerprint density at radius 3 is 2.32 bits per heavy atom. The van der Waals surface area contributed by atoms with E-state index in [1.807, 2.05) is 27.7 Å². The van der Waals surface area contributed by atoms with E-state index in [1.54, 1.807) is 23.7 Å². The van der Waals surface area contributed by atoms with Gasteiger partial charge in [-0.25, -0.2) is 0 Å². The fourth-order valence-electron chi connectivity index (χ4n) is 7.16. The average Bonchev–Trinajstić information content (AvgIpc) is 3.27. The zero-order chi connectivity index (χ0) is 25.9. The molecule has 3 N–H and O–H groups in total. The SMILES string of the molecule is CC[C@H](C)[C@H](CO)N1C(=O)[C@@H]2[C@H](C(=O)NC)[C@]3(C)CCC2(S3)C1C(=O)NC(C)(C)CC(C)(C)C. The molecular formula is C26H45N3O4S.